The Hall–Kier alpha value is -3.25. The predicted octanol–water partition coefficient (Wildman–Crippen LogP) is 3.68. The summed E-state index contributed by atoms with van der Waals surface area (Å²) in [5, 5.41) is 2.27. The lowest BCUT2D eigenvalue weighted by Gasteiger charge is -2.36. The van der Waals surface area contributed by atoms with Gasteiger partial charge in [0.05, 0.1) is 0 Å². The molecule has 0 N–H and O–H groups in total. The number of amides is 1. The second kappa shape index (κ2) is 8.47. The van der Waals surface area contributed by atoms with Crippen molar-refractivity contribution in [3.8, 4) is 17.2 Å². The Morgan fingerprint density at radius 3 is 2.55 bits per heavy atom. The number of hydrogen-bond donors (Lipinski definition) is 0. The van der Waals surface area contributed by atoms with E-state index in [4.69, 9.17) is 14.2 Å². The van der Waals surface area contributed by atoms with Crippen molar-refractivity contribution in [2.75, 3.05) is 33.0 Å². The van der Waals surface area contributed by atoms with Gasteiger partial charge in [0, 0.05) is 32.7 Å². The molecule has 0 radical (unpaired) electrons. The zero-order chi connectivity index (χ0) is 21.2. The van der Waals surface area contributed by atoms with Crippen LogP contribution in [0.15, 0.2) is 60.7 Å². The number of carbonyl (C=O) groups excluding carboxylic acids is 1. The van der Waals surface area contributed by atoms with Crippen LogP contribution in [0.2, 0.25) is 0 Å². The smallest absolute Gasteiger partial charge is 0.263 e. The third kappa shape index (κ3) is 4.30. The lowest BCUT2D eigenvalue weighted by atomic mass is 10.1. The molecule has 3 aromatic rings. The zero-order valence-corrected chi connectivity index (χ0v) is 17.6. The van der Waals surface area contributed by atoms with E-state index < -0.39 is 6.10 Å². The fourth-order valence-electron chi connectivity index (χ4n) is 4.18. The van der Waals surface area contributed by atoms with Gasteiger partial charge in [-0.2, -0.15) is 0 Å². The molecule has 0 aromatic heterocycles. The van der Waals surface area contributed by atoms with Gasteiger partial charge in [-0.3, -0.25) is 9.69 Å². The Bertz CT molecular complexity index is 1090. The highest BCUT2D eigenvalue weighted by molar-refractivity contribution is 5.84. The van der Waals surface area contributed by atoms with Crippen molar-refractivity contribution < 1.29 is 19.0 Å². The maximum absolute atomic E-state index is 12.9. The summed E-state index contributed by atoms with van der Waals surface area (Å²) in [6, 6.07) is 20.2. The average Bonchev–Trinajstić information content (AvgIpc) is 3.27. The molecule has 0 aliphatic carbocycles. The summed E-state index contributed by atoms with van der Waals surface area (Å²) in [5.41, 5.74) is 1.19. The summed E-state index contributed by atoms with van der Waals surface area (Å²) in [5.74, 6) is 2.38. The fraction of sp³-hybridized carbons (Fsp3) is 0.320. The Balaban J connectivity index is 1.14. The molecule has 6 nitrogen and oxygen atoms in total. The van der Waals surface area contributed by atoms with E-state index in [1.165, 1.54) is 5.56 Å². The van der Waals surface area contributed by atoms with E-state index in [0.717, 1.165) is 47.7 Å². The molecule has 2 aliphatic heterocycles. The van der Waals surface area contributed by atoms with E-state index in [1.54, 1.807) is 0 Å². The topological polar surface area (TPSA) is 51.2 Å². The summed E-state index contributed by atoms with van der Waals surface area (Å²) in [7, 11) is 0. The van der Waals surface area contributed by atoms with Gasteiger partial charge in [-0.15, -0.1) is 0 Å². The summed E-state index contributed by atoms with van der Waals surface area (Å²) in [4.78, 5) is 17.2. The van der Waals surface area contributed by atoms with Crippen LogP contribution in [0.25, 0.3) is 10.8 Å². The van der Waals surface area contributed by atoms with E-state index in [1.807, 2.05) is 60.4 Å². The van der Waals surface area contributed by atoms with Crippen molar-refractivity contribution in [3.05, 3.63) is 66.2 Å². The predicted molar refractivity (Wildman–Crippen MR) is 118 cm³/mol. The SMILES string of the molecule is CC(Oc1ccc2ccccc2c1)C(=O)N1CCN(Cc2ccc3c(c2)OCO3)CC1. The number of hydrogen-bond acceptors (Lipinski definition) is 5. The second-order valence-corrected chi connectivity index (χ2v) is 8.06. The van der Waals surface area contributed by atoms with Gasteiger partial charge in [0.2, 0.25) is 6.79 Å². The van der Waals surface area contributed by atoms with Crippen LogP contribution in [0.1, 0.15) is 12.5 Å². The van der Waals surface area contributed by atoms with Crippen LogP contribution >= 0.6 is 0 Å². The Morgan fingerprint density at radius 1 is 0.935 bits per heavy atom. The molecule has 0 saturated carbocycles. The average molecular weight is 418 g/mol. The van der Waals surface area contributed by atoms with Crippen LogP contribution in [-0.2, 0) is 11.3 Å². The molecule has 160 valence electrons. The Morgan fingerprint density at radius 2 is 1.71 bits per heavy atom. The lowest BCUT2D eigenvalue weighted by Crippen LogP contribution is -2.51. The number of nitrogens with zero attached hydrogens (tertiary/aromatic N) is 2. The summed E-state index contributed by atoms with van der Waals surface area (Å²) in [6.45, 7) is 6.03. The molecule has 5 rings (SSSR count). The highest BCUT2D eigenvalue weighted by Gasteiger charge is 2.26. The second-order valence-electron chi connectivity index (χ2n) is 8.06. The molecule has 1 amide bonds. The van der Waals surface area contributed by atoms with Gasteiger partial charge in [-0.25, -0.2) is 0 Å². The van der Waals surface area contributed by atoms with Gasteiger partial charge < -0.3 is 19.1 Å². The highest BCUT2D eigenvalue weighted by Crippen LogP contribution is 2.33. The van der Waals surface area contributed by atoms with Crippen LogP contribution in [0.4, 0.5) is 0 Å². The molecule has 0 spiro atoms. The quantitative estimate of drug-likeness (QED) is 0.633. The number of carbonyl (C=O) groups is 1. The van der Waals surface area contributed by atoms with E-state index in [-0.39, 0.29) is 5.91 Å². The van der Waals surface area contributed by atoms with Crippen molar-refractivity contribution in [1.29, 1.82) is 0 Å². The van der Waals surface area contributed by atoms with E-state index in [9.17, 15) is 4.79 Å². The van der Waals surface area contributed by atoms with Crippen LogP contribution in [0.3, 0.4) is 0 Å². The number of ether oxygens (including phenoxy) is 3. The molecule has 2 aliphatic rings. The first-order valence-electron chi connectivity index (χ1n) is 10.7. The van der Waals surface area contributed by atoms with E-state index in [0.29, 0.717) is 19.9 Å². The monoisotopic (exact) mass is 418 g/mol. The fourth-order valence-corrected chi connectivity index (χ4v) is 4.18. The molecule has 31 heavy (non-hydrogen) atoms. The van der Waals surface area contributed by atoms with Crippen LogP contribution < -0.4 is 14.2 Å². The molecular weight excluding hydrogens is 392 g/mol. The third-order valence-corrected chi connectivity index (χ3v) is 5.91. The zero-order valence-electron chi connectivity index (χ0n) is 17.6. The first-order chi connectivity index (χ1) is 15.2. The molecule has 1 saturated heterocycles. The number of piperazine rings is 1. The lowest BCUT2D eigenvalue weighted by molar-refractivity contribution is -0.139. The van der Waals surface area contributed by atoms with Crippen LogP contribution in [0, 0.1) is 0 Å². The number of benzene rings is 3. The first kappa shape index (κ1) is 19.7. The highest BCUT2D eigenvalue weighted by atomic mass is 16.7. The van der Waals surface area contributed by atoms with Gasteiger partial charge in [-0.1, -0.05) is 36.4 Å². The molecule has 1 atom stereocenters. The largest absolute Gasteiger partial charge is 0.481 e. The minimum Gasteiger partial charge on any atom is -0.481 e. The van der Waals surface area contributed by atoms with Crippen LogP contribution in [-0.4, -0.2) is 54.8 Å². The Labute approximate surface area is 181 Å². The first-order valence-corrected chi connectivity index (χ1v) is 10.7. The molecule has 3 aromatic carbocycles. The maximum atomic E-state index is 12.9. The summed E-state index contributed by atoms with van der Waals surface area (Å²) < 4.78 is 16.8. The van der Waals surface area contributed by atoms with E-state index in [2.05, 4.69) is 17.0 Å². The van der Waals surface area contributed by atoms with Crippen molar-refractivity contribution in [2.45, 2.75) is 19.6 Å². The van der Waals surface area contributed by atoms with Crippen molar-refractivity contribution >= 4 is 16.7 Å². The minimum atomic E-state index is -0.512. The molecule has 1 unspecified atom stereocenters. The van der Waals surface area contributed by atoms with Gasteiger partial charge in [-0.05, 0) is 47.5 Å². The van der Waals surface area contributed by atoms with Crippen molar-refractivity contribution in [1.82, 2.24) is 9.80 Å². The molecule has 6 heteroatoms. The van der Waals surface area contributed by atoms with Gasteiger partial charge in [0.25, 0.3) is 5.91 Å². The standard InChI is InChI=1S/C25H26N2O4/c1-18(31-22-8-7-20-4-2-3-5-21(20)15-22)25(28)27-12-10-26(11-13-27)16-19-6-9-23-24(14-19)30-17-29-23/h2-9,14-15,18H,10-13,16-17H2,1H3. The number of rotatable bonds is 5. The molecule has 1 fully saturated rings. The number of fused-ring (bicyclic) bond motifs is 2. The van der Waals surface area contributed by atoms with Crippen LogP contribution in [0.5, 0.6) is 17.2 Å². The molecule has 2 heterocycles. The molecular formula is C25H26N2O4. The third-order valence-electron chi connectivity index (χ3n) is 5.91. The van der Waals surface area contributed by atoms with E-state index >= 15 is 0 Å². The van der Waals surface area contributed by atoms with Gasteiger partial charge >= 0.3 is 0 Å². The van der Waals surface area contributed by atoms with Gasteiger partial charge in [0.15, 0.2) is 17.6 Å². The maximum Gasteiger partial charge on any atom is 0.263 e. The Kier molecular flexibility index (Phi) is 5.38. The van der Waals surface area contributed by atoms with Crippen molar-refractivity contribution in [2.24, 2.45) is 0 Å². The minimum absolute atomic E-state index is 0.0379. The van der Waals surface area contributed by atoms with Gasteiger partial charge in [0.1, 0.15) is 5.75 Å². The summed E-state index contributed by atoms with van der Waals surface area (Å²) >= 11 is 0. The normalized spacial score (nSPS) is 17.0. The molecule has 0 bridgehead atoms. The summed E-state index contributed by atoms with van der Waals surface area (Å²) in [6.07, 6.45) is -0.512. The van der Waals surface area contributed by atoms with Crippen molar-refractivity contribution in [3.63, 3.8) is 0 Å².